The summed E-state index contributed by atoms with van der Waals surface area (Å²) in [6, 6.07) is 14.5. The average Bonchev–Trinajstić information content (AvgIpc) is 2.45. The fraction of sp³-hybridized carbons (Fsp3) is 0.188. The maximum absolute atomic E-state index is 12.3. The third kappa shape index (κ3) is 4.63. The van der Waals surface area contributed by atoms with E-state index < -0.39 is 6.36 Å². The number of benzene rings is 2. The number of para-hydroxylation sites is 1. The molecule has 0 atom stereocenters. The fourth-order valence-electron chi connectivity index (χ4n) is 1.95. The van der Waals surface area contributed by atoms with E-state index in [9.17, 15) is 18.0 Å². The van der Waals surface area contributed by atoms with E-state index in [1.54, 1.807) is 36.4 Å². The third-order valence-corrected chi connectivity index (χ3v) is 2.92. The molecule has 0 radical (unpaired) electrons. The van der Waals surface area contributed by atoms with Gasteiger partial charge in [-0.15, -0.1) is 13.2 Å². The lowest BCUT2D eigenvalue weighted by atomic mass is 10.0. The van der Waals surface area contributed by atoms with E-state index in [-0.39, 0.29) is 24.4 Å². The van der Waals surface area contributed by atoms with E-state index in [1.165, 1.54) is 18.2 Å². The lowest BCUT2D eigenvalue weighted by Crippen LogP contribution is -2.18. The molecule has 5 heteroatoms. The van der Waals surface area contributed by atoms with Gasteiger partial charge in [0, 0.05) is 12.0 Å². The van der Waals surface area contributed by atoms with Crippen LogP contribution in [0.5, 0.6) is 5.75 Å². The van der Waals surface area contributed by atoms with Gasteiger partial charge in [-0.05, 0) is 18.1 Å². The molecule has 0 aliphatic rings. The molecule has 2 aromatic carbocycles. The van der Waals surface area contributed by atoms with Gasteiger partial charge in [0.15, 0.2) is 5.78 Å². The first-order valence-corrected chi connectivity index (χ1v) is 6.37. The molecule has 21 heavy (non-hydrogen) atoms. The maximum atomic E-state index is 12.3. The van der Waals surface area contributed by atoms with Crippen LogP contribution in [0.25, 0.3) is 0 Å². The van der Waals surface area contributed by atoms with Crippen molar-refractivity contribution in [1.82, 2.24) is 0 Å². The highest BCUT2D eigenvalue weighted by Crippen LogP contribution is 2.27. The van der Waals surface area contributed by atoms with Crippen molar-refractivity contribution in [2.24, 2.45) is 0 Å². The van der Waals surface area contributed by atoms with Gasteiger partial charge in [0.25, 0.3) is 0 Å². The number of ketones is 1. The molecular formula is C16H13F3O2. The maximum Gasteiger partial charge on any atom is 0.573 e. The van der Waals surface area contributed by atoms with Gasteiger partial charge in [-0.1, -0.05) is 48.5 Å². The van der Waals surface area contributed by atoms with Gasteiger partial charge < -0.3 is 4.74 Å². The number of hydrogen-bond donors (Lipinski definition) is 0. The Balaban J connectivity index is 2.05. The molecule has 0 heterocycles. The van der Waals surface area contributed by atoms with Crippen molar-refractivity contribution in [2.45, 2.75) is 19.2 Å². The lowest BCUT2D eigenvalue weighted by Gasteiger charge is -2.12. The zero-order valence-electron chi connectivity index (χ0n) is 11.1. The molecular weight excluding hydrogens is 281 g/mol. The van der Waals surface area contributed by atoms with Crippen LogP contribution in [0.4, 0.5) is 13.2 Å². The molecule has 110 valence electrons. The summed E-state index contributed by atoms with van der Waals surface area (Å²) in [6.45, 7) is 0. The van der Waals surface area contributed by atoms with Crippen molar-refractivity contribution in [3.05, 3.63) is 65.7 Å². The van der Waals surface area contributed by atoms with E-state index in [2.05, 4.69) is 4.74 Å². The van der Waals surface area contributed by atoms with E-state index in [4.69, 9.17) is 0 Å². The summed E-state index contributed by atoms with van der Waals surface area (Å²) in [5.41, 5.74) is 0.908. The number of alkyl halides is 3. The van der Waals surface area contributed by atoms with Crippen LogP contribution in [0.2, 0.25) is 0 Å². The van der Waals surface area contributed by atoms with Crippen LogP contribution in [0.15, 0.2) is 54.6 Å². The highest BCUT2D eigenvalue weighted by Gasteiger charge is 2.31. The minimum absolute atomic E-state index is 0.114. The number of carbonyl (C=O) groups is 1. The lowest BCUT2D eigenvalue weighted by molar-refractivity contribution is -0.274. The Bertz CT molecular complexity index is 606. The van der Waals surface area contributed by atoms with Crippen LogP contribution in [0.1, 0.15) is 22.3 Å². The second-order valence-electron chi connectivity index (χ2n) is 4.44. The number of halogens is 3. The van der Waals surface area contributed by atoms with Crippen LogP contribution >= 0.6 is 0 Å². The monoisotopic (exact) mass is 294 g/mol. The summed E-state index contributed by atoms with van der Waals surface area (Å²) in [7, 11) is 0. The molecule has 0 unspecified atom stereocenters. The molecule has 0 aliphatic carbocycles. The number of carbonyl (C=O) groups excluding carboxylic acids is 1. The summed E-state index contributed by atoms with van der Waals surface area (Å²) < 4.78 is 40.8. The second-order valence-corrected chi connectivity index (χ2v) is 4.44. The van der Waals surface area contributed by atoms with Crippen LogP contribution in [0, 0.1) is 0 Å². The van der Waals surface area contributed by atoms with Gasteiger partial charge in [-0.2, -0.15) is 0 Å². The molecule has 0 N–H and O–H groups in total. The predicted molar refractivity (Wildman–Crippen MR) is 72.2 cm³/mol. The second kappa shape index (κ2) is 6.43. The van der Waals surface area contributed by atoms with Crippen LogP contribution in [-0.4, -0.2) is 12.1 Å². The Labute approximate surface area is 120 Å². The van der Waals surface area contributed by atoms with Crippen molar-refractivity contribution in [1.29, 1.82) is 0 Å². The molecule has 0 saturated carbocycles. The van der Waals surface area contributed by atoms with Crippen molar-refractivity contribution in [2.75, 3.05) is 0 Å². The number of hydrogen-bond acceptors (Lipinski definition) is 2. The topological polar surface area (TPSA) is 26.3 Å². The molecule has 2 rings (SSSR count). The fourth-order valence-corrected chi connectivity index (χ4v) is 1.95. The summed E-state index contributed by atoms with van der Waals surface area (Å²) in [5.74, 6) is -0.372. The normalized spacial score (nSPS) is 11.2. The van der Waals surface area contributed by atoms with E-state index in [0.29, 0.717) is 11.1 Å². The van der Waals surface area contributed by atoms with E-state index in [0.717, 1.165) is 0 Å². The minimum Gasteiger partial charge on any atom is -0.406 e. The summed E-state index contributed by atoms with van der Waals surface area (Å²) in [4.78, 5) is 12.0. The van der Waals surface area contributed by atoms with Gasteiger partial charge in [0.05, 0.1) is 0 Å². The van der Waals surface area contributed by atoms with E-state index >= 15 is 0 Å². The highest BCUT2D eigenvalue weighted by molar-refractivity contribution is 5.96. The Morgan fingerprint density at radius 3 is 2.24 bits per heavy atom. The quantitative estimate of drug-likeness (QED) is 0.764. The molecule has 0 aromatic heterocycles. The van der Waals surface area contributed by atoms with Gasteiger partial charge in [-0.3, -0.25) is 4.79 Å². The molecule has 0 fully saturated rings. The smallest absolute Gasteiger partial charge is 0.406 e. The molecule has 0 bridgehead atoms. The zero-order chi connectivity index (χ0) is 15.3. The average molecular weight is 294 g/mol. The number of ether oxygens (including phenoxy) is 1. The van der Waals surface area contributed by atoms with Gasteiger partial charge in [0.2, 0.25) is 0 Å². The Hall–Kier alpha value is -2.30. The first-order valence-electron chi connectivity index (χ1n) is 6.37. The largest absolute Gasteiger partial charge is 0.573 e. The van der Waals surface area contributed by atoms with Crippen molar-refractivity contribution in [3.63, 3.8) is 0 Å². The minimum atomic E-state index is -4.74. The number of rotatable bonds is 5. The van der Waals surface area contributed by atoms with Crippen LogP contribution in [-0.2, 0) is 6.42 Å². The Morgan fingerprint density at radius 2 is 1.57 bits per heavy atom. The number of Topliss-reactive ketones (excluding diaryl/α,β-unsaturated/α-hetero) is 1. The standard InChI is InChI=1S/C16H13F3O2/c17-16(18,19)21-15-9-5-4-8-13(15)10-11-14(20)12-6-2-1-3-7-12/h1-9H,10-11H2. The van der Waals surface area contributed by atoms with Crippen LogP contribution in [0.3, 0.4) is 0 Å². The summed E-state index contributed by atoms with van der Waals surface area (Å²) in [6.07, 6.45) is -4.41. The van der Waals surface area contributed by atoms with E-state index in [1.807, 2.05) is 0 Å². The Kier molecular flexibility index (Phi) is 4.62. The van der Waals surface area contributed by atoms with Crippen molar-refractivity contribution in [3.8, 4) is 5.75 Å². The molecule has 2 aromatic rings. The van der Waals surface area contributed by atoms with Gasteiger partial charge in [-0.25, -0.2) is 0 Å². The first kappa shape index (κ1) is 15.1. The van der Waals surface area contributed by atoms with Crippen molar-refractivity contribution < 1.29 is 22.7 Å². The van der Waals surface area contributed by atoms with Crippen LogP contribution < -0.4 is 4.74 Å². The first-order chi connectivity index (χ1) is 9.96. The molecule has 0 spiro atoms. The molecule has 0 aliphatic heterocycles. The van der Waals surface area contributed by atoms with Gasteiger partial charge >= 0.3 is 6.36 Å². The summed E-state index contributed by atoms with van der Waals surface area (Å²) >= 11 is 0. The Morgan fingerprint density at radius 1 is 0.952 bits per heavy atom. The third-order valence-electron chi connectivity index (χ3n) is 2.92. The molecule has 0 saturated heterocycles. The van der Waals surface area contributed by atoms with Crippen molar-refractivity contribution >= 4 is 5.78 Å². The SMILES string of the molecule is O=C(CCc1ccccc1OC(F)(F)F)c1ccccc1. The number of aryl methyl sites for hydroxylation is 1. The molecule has 0 amide bonds. The predicted octanol–water partition coefficient (Wildman–Crippen LogP) is 4.40. The highest BCUT2D eigenvalue weighted by atomic mass is 19.4. The summed E-state index contributed by atoms with van der Waals surface area (Å²) in [5, 5.41) is 0. The molecule has 2 nitrogen and oxygen atoms in total. The zero-order valence-corrected chi connectivity index (χ0v) is 11.1. The van der Waals surface area contributed by atoms with Gasteiger partial charge in [0.1, 0.15) is 5.75 Å².